The first kappa shape index (κ1) is 15.3. The van der Waals surface area contributed by atoms with Crippen molar-refractivity contribution in [2.24, 2.45) is 0 Å². The van der Waals surface area contributed by atoms with E-state index in [9.17, 15) is 0 Å². The van der Waals surface area contributed by atoms with E-state index in [1.807, 2.05) is 0 Å². The van der Waals surface area contributed by atoms with E-state index in [0.717, 1.165) is 57.8 Å². The van der Waals surface area contributed by atoms with Gasteiger partial charge in [-0.2, -0.15) is 0 Å². The summed E-state index contributed by atoms with van der Waals surface area (Å²) in [7, 11) is 0. The molecule has 0 saturated heterocycles. The molecule has 3 heteroatoms. The first-order chi connectivity index (χ1) is 9.83. The highest BCUT2D eigenvalue weighted by molar-refractivity contribution is 5.43. The molecule has 1 unspecified atom stereocenters. The van der Waals surface area contributed by atoms with Crippen molar-refractivity contribution in [3.05, 3.63) is 29.3 Å². The maximum atomic E-state index is 5.90. The highest BCUT2D eigenvalue weighted by Gasteiger charge is 2.20. The molecule has 0 aromatic heterocycles. The molecule has 0 fully saturated rings. The average molecular weight is 277 g/mol. The summed E-state index contributed by atoms with van der Waals surface area (Å²) in [5.41, 5.74) is 2.56. The highest BCUT2D eigenvalue weighted by Crippen LogP contribution is 2.33. The summed E-state index contributed by atoms with van der Waals surface area (Å²) in [5, 5.41) is 3.66. The molecule has 1 atom stereocenters. The summed E-state index contributed by atoms with van der Waals surface area (Å²) in [6.07, 6.45) is 4.42. The third-order valence-electron chi connectivity index (χ3n) is 3.71. The fourth-order valence-electron chi connectivity index (χ4n) is 2.67. The molecule has 0 spiro atoms. The molecule has 1 heterocycles. The van der Waals surface area contributed by atoms with Crippen LogP contribution in [0.4, 0.5) is 0 Å². The van der Waals surface area contributed by atoms with Crippen molar-refractivity contribution >= 4 is 0 Å². The lowest BCUT2D eigenvalue weighted by Crippen LogP contribution is -2.23. The molecular weight excluding hydrogens is 250 g/mol. The van der Waals surface area contributed by atoms with Crippen molar-refractivity contribution < 1.29 is 9.47 Å². The fourth-order valence-corrected chi connectivity index (χ4v) is 2.67. The first-order valence-corrected chi connectivity index (χ1v) is 7.86. The lowest BCUT2D eigenvalue weighted by Gasteiger charge is -2.19. The van der Waals surface area contributed by atoms with Gasteiger partial charge in [-0.3, -0.25) is 0 Å². The minimum absolute atomic E-state index is 0.415. The maximum absolute atomic E-state index is 5.90. The molecule has 0 bridgehead atoms. The Kier molecular flexibility index (Phi) is 6.34. The van der Waals surface area contributed by atoms with Crippen molar-refractivity contribution in [2.75, 3.05) is 26.4 Å². The molecule has 112 valence electrons. The van der Waals surface area contributed by atoms with Crippen molar-refractivity contribution in [3.8, 4) is 5.75 Å². The molecule has 3 nitrogen and oxygen atoms in total. The van der Waals surface area contributed by atoms with E-state index in [2.05, 4.69) is 37.4 Å². The smallest absolute Gasteiger partial charge is 0.126 e. The van der Waals surface area contributed by atoms with Crippen LogP contribution in [-0.4, -0.2) is 26.4 Å². The summed E-state index contributed by atoms with van der Waals surface area (Å²) in [6, 6.07) is 6.86. The molecule has 1 aliphatic heterocycles. The molecular formula is C17H27NO2. The van der Waals surface area contributed by atoms with Crippen LogP contribution in [0.1, 0.15) is 49.8 Å². The normalized spacial score (nSPS) is 18.2. The molecule has 1 N–H and O–H groups in total. The van der Waals surface area contributed by atoms with Crippen LogP contribution in [0, 0.1) is 6.92 Å². The van der Waals surface area contributed by atoms with Crippen LogP contribution in [0.3, 0.4) is 0 Å². The second-order valence-electron chi connectivity index (χ2n) is 5.46. The standard InChI is InChI=1S/C17H27NO2/c1-3-11-19-12-6-10-18-16-9-5-13-20-17-14(2)7-4-8-15(16)17/h4,7-8,16,18H,3,5-6,9-13H2,1-2H3. The zero-order chi connectivity index (χ0) is 14.2. The van der Waals surface area contributed by atoms with Gasteiger partial charge in [0.25, 0.3) is 0 Å². The Hall–Kier alpha value is -1.06. The third-order valence-corrected chi connectivity index (χ3v) is 3.71. The number of para-hydroxylation sites is 1. The number of ether oxygens (including phenoxy) is 2. The van der Waals surface area contributed by atoms with Crippen LogP contribution < -0.4 is 10.1 Å². The Labute approximate surface area is 122 Å². The van der Waals surface area contributed by atoms with Crippen molar-refractivity contribution in [3.63, 3.8) is 0 Å². The Morgan fingerprint density at radius 2 is 2.25 bits per heavy atom. The molecule has 1 aliphatic rings. The van der Waals surface area contributed by atoms with Crippen LogP contribution >= 0.6 is 0 Å². The lowest BCUT2D eigenvalue weighted by atomic mass is 10.00. The van der Waals surface area contributed by atoms with Crippen LogP contribution in [0.15, 0.2) is 18.2 Å². The topological polar surface area (TPSA) is 30.5 Å². The molecule has 0 saturated carbocycles. The summed E-state index contributed by atoms with van der Waals surface area (Å²) in [4.78, 5) is 0. The number of hydrogen-bond donors (Lipinski definition) is 1. The predicted octanol–water partition coefficient (Wildman–Crippen LogP) is 3.62. The van der Waals surface area contributed by atoms with E-state index in [-0.39, 0.29) is 0 Å². The van der Waals surface area contributed by atoms with Gasteiger partial charge in [-0.25, -0.2) is 0 Å². The monoisotopic (exact) mass is 277 g/mol. The first-order valence-electron chi connectivity index (χ1n) is 7.86. The van der Waals surface area contributed by atoms with Crippen molar-refractivity contribution in [1.29, 1.82) is 0 Å². The van der Waals surface area contributed by atoms with Gasteiger partial charge < -0.3 is 14.8 Å². The molecule has 0 radical (unpaired) electrons. The molecule has 1 aromatic rings. The zero-order valence-corrected chi connectivity index (χ0v) is 12.8. The van der Waals surface area contributed by atoms with Gasteiger partial charge in [-0.1, -0.05) is 25.1 Å². The van der Waals surface area contributed by atoms with Gasteiger partial charge in [-0.05, 0) is 44.7 Å². The summed E-state index contributed by atoms with van der Waals surface area (Å²) in [6.45, 7) is 7.82. The lowest BCUT2D eigenvalue weighted by molar-refractivity contribution is 0.131. The van der Waals surface area contributed by atoms with Gasteiger partial charge >= 0.3 is 0 Å². The molecule has 20 heavy (non-hydrogen) atoms. The molecule has 2 rings (SSSR count). The zero-order valence-electron chi connectivity index (χ0n) is 12.8. The van der Waals surface area contributed by atoms with Gasteiger partial charge in [-0.15, -0.1) is 0 Å². The van der Waals surface area contributed by atoms with Gasteiger partial charge in [0.1, 0.15) is 5.75 Å². The SMILES string of the molecule is CCCOCCCNC1CCCOc2c(C)cccc21. The van der Waals surface area contributed by atoms with Gasteiger partial charge in [0.15, 0.2) is 0 Å². The quantitative estimate of drug-likeness (QED) is 0.772. The summed E-state index contributed by atoms with van der Waals surface area (Å²) >= 11 is 0. The Morgan fingerprint density at radius 1 is 1.35 bits per heavy atom. The third kappa shape index (κ3) is 4.22. The fraction of sp³-hybridized carbons (Fsp3) is 0.647. The minimum Gasteiger partial charge on any atom is -0.493 e. The number of aryl methyl sites for hydroxylation is 1. The van der Waals surface area contributed by atoms with E-state index >= 15 is 0 Å². The minimum atomic E-state index is 0.415. The number of fused-ring (bicyclic) bond motifs is 1. The van der Waals surface area contributed by atoms with Gasteiger partial charge in [0, 0.05) is 24.8 Å². The van der Waals surface area contributed by atoms with E-state index < -0.39 is 0 Å². The maximum Gasteiger partial charge on any atom is 0.126 e. The second kappa shape index (κ2) is 8.28. The predicted molar refractivity (Wildman–Crippen MR) is 82.4 cm³/mol. The summed E-state index contributed by atoms with van der Waals surface area (Å²) in [5.74, 6) is 1.09. The van der Waals surface area contributed by atoms with Crippen LogP contribution in [0.2, 0.25) is 0 Å². The largest absolute Gasteiger partial charge is 0.493 e. The summed E-state index contributed by atoms with van der Waals surface area (Å²) < 4.78 is 11.4. The van der Waals surface area contributed by atoms with Crippen molar-refractivity contribution in [1.82, 2.24) is 5.32 Å². The van der Waals surface area contributed by atoms with Crippen molar-refractivity contribution in [2.45, 2.75) is 45.6 Å². The van der Waals surface area contributed by atoms with E-state index in [1.165, 1.54) is 11.1 Å². The Morgan fingerprint density at radius 3 is 3.10 bits per heavy atom. The molecule has 0 amide bonds. The molecule has 1 aromatic carbocycles. The van der Waals surface area contributed by atoms with E-state index in [4.69, 9.17) is 9.47 Å². The highest BCUT2D eigenvalue weighted by atomic mass is 16.5. The van der Waals surface area contributed by atoms with Crippen LogP contribution in [0.25, 0.3) is 0 Å². The number of hydrogen-bond acceptors (Lipinski definition) is 3. The van der Waals surface area contributed by atoms with E-state index in [1.54, 1.807) is 0 Å². The Balaban J connectivity index is 1.87. The average Bonchev–Trinajstić information content (AvgIpc) is 2.66. The van der Waals surface area contributed by atoms with Gasteiger partial charge in [0.2, 0.25) is 0 Å². The number of benzene rings is 1. The second-order valence-corrected chi connectivity index (χ2v) is 5.46. The van der Waals surface area contributed by atoms with Gasteiger partial charge in [0.05, 0.1) is 6.61 Å². The van der Waals surface area contributed by atoms with Crippen LogP contribution in [0.5, 0.6) is 5.75 Å². The van der Waals surface area contributed by atoms with Crippen LogP contribution in [-0.2, 0) is 4.74 Å². The number of rotatable bonds is 7. The number of nitrogens with one attached hydrogen (secondary N) is 1. The molecule has 0 aliphatic carbocycles. The Bertz CT molecular complexity index is 406. The van der Waals surface area contributed by atoms with E-state index in [0.29, 0.717) is 6.04 Å².